The molecule has 2 aromatic rings. The van der Waals surface area contributed by atoms with Gasteiger partial charge < -0.3 is 11.1 Å². The smallest absolute Gasteiger partial charge is 0.224 e. The van der Waals surface area contributed by atoms with Crippen molar-refractivity contribution in [3.05, 3.63) is 53.7 Å². The molecular weight excluding hydrogens is 298 g/mol. The molecule has 0 unspecified atom stereocenters. The summed E-state index contributed by atoms with van der Waals surface area (Å²) in [4.78, 5) is 15.8. The van der Waals surface area contributed by atoms with Crippen molar-refractivity contribution in [3.63, 3.8) is 0 Å². The zero-order valence-electron chi connectivity index (χ0n) is 12.9. The standard InChI is InChI=1S/C17H21N3O.ClH/c1-12(2)14-6-3-13(4-7-14)5-10-17(21)20-15-8-9-16(18)19-11-15;/h3-4,6-9,11-12H,5,10H2,1-2H3,(H2,18,19)(H,20,21);1H. The van der Waals surface area contributed by atoms with Crippen LogP contribution in [0.2, 0.25) is 0 Å². The number of aromatic nitrogens is 1. The summed E-state index contributed by atoms with van der Waals surface area (Å²) >= 11 is 0. The molecule has 0 saturated carbocycles. The maximum absolute atomic E-state index is 11.9. The summed E-state index contributed by atoms with van der Waals surface area (Å²) in [5.41, 5.74) is 8.66. The Morgan fingerprint density at radius 1 is 1.18 bits per heavy atom. The van der Waals surface area contributed by atoms with Gasteiger partial charge in [-0.3, -0.25) is 4.79 Å². The summed E-state index contributed by atoms with van der Waals surface area (Å²) in [6.07, 6.45) is 2.74. The van der Waals surface area contributed by atoms with E-state index in [2.05, 4.69) is 48.4 Å². The molecule has 22 heavy (non-hydrogen) atoms. The van der Waals surface area contributed by atoms with Gasteiger partial charge in [0.1, 0.15) is 5.82 Å². The number of rotatable bonds is 5. The Morgan fingerprint density at radius 3 is 2.41 bits per heavy atom. The number of hydrogen-bond acceptors (Lipinski definition) is 3. The van der Waals surface area contributed by atoms with Crippen LogP contribution in [0.4, 0.5) is 11.5 Å². The van der Waals surface area contributed by atoms with Crippen LogP contribution in [0.15, 0.2) is 42.6 Å². The molecule has 1 aromatic heterocycles. The molecule has 3 N–H and O–H groups in total. The Kier molecular flexibility index (Phi) is 6.86. The van der Waals surface area contributed by atoms with E-state index in [9.17, 15) is 4.79 Å². The minimum absolute atomic E-state index is 0. The molecular formula is C17H22ClN3O. The molecule has 0 saturated heterocycles. The first-order valence-electron chi connectivity index (χ1n) is 7.15. The number of nitrogens with one attached hydrogen (secondary N) is 1. The van der Waals surface area contributed by atoms with Crippen LogP contribution in [0.5, 0.6) is 0 Å². The van der Waals surface area contributed by atoms with Crippen LogP contribution in [-0.2, 0) is 11.2 Å². The second kappa shape index (κ2) is 8.39. The van der Waals surface area contributed by atoms with Crippen molar-refractivity contribution in [2.45, 2.75) is 32.6 Å². The minimum Gasteiger partial charge on any atom is -0.384 e. The third kappa shape index (κ3) is 5.37. The summed E-state index contributed by atoms with van der Waals surface area (Å²) < 4.78 is 0. The monoisotopic (exact) mass is 319 g/mol. The summed E-state index contributed by atoms with van der Waals surface area (Å²) in [6, 6.07) is 11.8. The van der Waals surface area contributed by atoms with Crippen molar-refractivity contribution >= 4 is 29.8 Å². The van der Waals surface area contributed by atoms with Crippen molar-refractivity contribution in [1.29, 1.82) is 0 Å². The molecule has 5 heteroatoms. The van der Waals surface area contributed by atoms with Crippen molar-refractivity contribution in [1.82, 2.24) is 4.98 Å². The number of nitrogens with two attached hydrogens (primary N) is 1. The van der Waals surface area contributed by atoms with Gasteiger partial charge in [0.05, 0.1) is 11.9 Å². The Bertz CT molecular complexity index is 594. The van der Waals surface area contributed by atoms with Gasteiger partial charge in [-0.05, 0) is 35.6 Å². The molecule has 0 radical (unpaired) electrons. The molecule has 1 amide bonds. The average Bonchev–Trinajstić information content (AvgIpc) is 2.48. The van der Waals surface area contributed by atoms with E-state index in [1.54, 1.807) is 18.3 Å². The van der Waals surface area contributed by atoms with E-state index in [1.165, 1.54) is 11.1 Å². The fourth-order valence-corrected chi connectivity index (χ4v) is 2.03. The Morgan fingerprint density at radius 2 is 1.86 bits per heavy atom. The highest BCUT2D eigenvalue weighted by Gasteiger charge is 2.04. The zero-order chi connectivity index (χ0) is 15.2. The van der Waals surface area contributed by atoms with Gasteiger partial charge in [-0.1, -0.05) is 38.1 Å². The molecule has 118 valence electrons. The van der Waals surface area contributed by atoms with Crippen LogP contribution in [-0.4, -0.2) is 10.9 Å². The molecule has 0 fully saturated rings. The van der Waals surface area contributed by atoms with Crippen LogP contribution >= 0.6 is 12.4 Å². The summed E-state index contributed by atoms with van der Waals surface area (Å²) in [7, 11) is 0. The summed E-state index contributed by atoms with van der Waals surface area (Å²) in [6.45, 7) is 4.34. The lowest BCUT2D eigenvalue weighted by Crippen LogP contribution is -2.12. The predicted octanol–water partition coefficient (Wildman–Crippen LogP) is 3.78. The van der Waals surface area contributed by atoms with Crippen molar-refractivity contribution in [2.75, 3.05) is 11.1 Å². The van der Waals surface area contributed by atoms with Gasteiger partial charge in [0.25, 0.3) is 0 Å². The lowest BCUT2D eigenvalue weighted by atomic mass is 10.0. The highest BCUT2D eigenvalue weighted by molar-refractivity contribution is 5.90. The second-order valence-electron chi connectivity index (χ2n) is 5.42. The number of halogens is 1. The van der Waals surface area contributed by atoms with Crippen molar-refractivity contribution < 1.29 is 4.79 Å². The van der Waals surface area contributed by atoms with Gasteiger partial charge in [0.15, 0.2) is 0 Å². The Hall–Kier alpha value is -2.07. The van der Waals surface area contributed by atoms with Gasteiger partial charge in [-0.25, -0.2) is 4.98 Å². The number of nitrogen functional groups attached to an aromatic ring is 1. The fraction of sp³-hybridized carbons (Fsp3) is 0.294. The number of anilines is 2. The zero-order valence-corrected chi connectivity index (χ0v) is 13.7. The number of carbonyl (C=O) groups excluding carboxylic acids is 1. The first kappa shape index (κ1) is 18.0. The van der Waals surface area contributed by atoms with Gasteiger partial charge in [-0.15, -0.1) is 12.4 Å². The largest absolute Gasteiger partial charge is 0.384 e. The van der Waals surface area contributed by atoms with Crippen LogP contribution < -0.4 is 11.1 Å². The molecule has 1 aromatic carbocycles. The van der Waals surface area contributed by atoms with E-state index in [4.69, 9.17) is 5.73 Å². The summed E-state index contributed by atoms with van der Waals surface area (Å²) in [5, 5.41) is 2.81. The molecule has 1 heterocycles. The van der Waals surface area contributed by atoms with E-state index < -0.39 is 0 Å². The molecule has 4 nitrogen and oxygen atoms in total. The van der Waals surface area contributed by atoms with Crippen molar-refractivity contribution in [2.24, 2.45) is 0 Å². The molecule has 0 aliphatic rings. The fourth-order valence-electron chi connectivity index (χ4n) is 2.03. The number of carbonyl (C=O) groups is 1. The maximum atomic E-state index is 11.9. The summed E-state index contributed by atoms with van der Waals surface area (Å²) in [5.74, 6) is 0.952. The third-order valence-corrected chi connectivity index (χ3v) is 3.36. The third-order valence-electron chi connectivity index (χ3n) is 3.36. The molecule has 2 rings (SSSR count). The maximum Gasteiger partial charge on any atom is 0.224 e. The van der Waals surface area contributed by atoms with Gasteiger partial charge in [0.2, 0.25) is 5.91 Å². The second-order valence-corrected chi connectivity index (χ2v) is 5.42. The number of nitrogens with zero attached hydrogens (tertiary/aromatic N) is 1. The minimum atomic E-state index is -0.0190. The normalized spacial score (nSPS) is 10.1. The van der Waals surface area contributed by atoms with Gasteiger partial charge in [0, 0.05) is 6.42 Å². The molecule has 0 aliphatic heterocycles. The number of aryl methyl sites for hydroxylation is 1. The highest BCUT2D eigenvalue weighted by atomic mass is 35.5. The predicted molar refractivity (Wildman–Crippen MR) is 93.4 cm³/mol. The Balaban J connectivity index is 0.00000242. The van der Waals surface area contributed by atoms with Crippen molar-refractivity contribution in [3.8, 4) is 0 Å². The topological polar surface area (TPSA) is 68.0 Å². The van der Waals surface area contributed by atoms with Crippen LogP contribution in [0.1, 0.15) is 37.3 Å². The molecule has 0 spiro atoms. The molecule has 0 bridgehead atoms. The number of amides is 1. The number of benzene rings is 1. The lowest BCUT2D eigenvalue weighted by molar-refractivity contribution is -0.116. The molecule has 0 atom stereocenters. The Labute approximate surface area is 137 Å². The van der Waals surface area contributed by atoms with E-state index in [0.717, 1.165) is 6.42 Å². The first-order chi connectivity index (χ1) is 10.0. The van der Waals surface area contributed by atoms with E-state index in [1.807, 2.05) is 0 Å². The van der Waals surface area contributed by atoms with E-state index in [-0.39, 0.29) is 18.3 Å². The average molecular weight is 320 g/mol. The van der Waals surface area contributed by atoms with Crippen LogP contribution in [0, 0.1) is 0 Å². The number of pyridine rings is 1. The van der Waals surface area contributed by atoms with Gasteiger partial charge in [-0.2, -0.15) is 0 Å². The van der Waals surface area contributed by atoms with Gasteiger partial charge >= 0.3 is 0 Å². The first-order valence-corrected chi connectivity index (χ1v) is 7.15. The quantitative estimate of drug-likeness (QED) is 0.881. The number of hydrogen-bond donors (Lipinski definition) is 2. The van der Waals surface area contributed by atoms with E-state index >= 15 is 0 Å². The van der Waals surface area contributed by atoms with Crippen LogP contribution in [0.25, 0.3) is 0 Å². The SMILES string of the molecule is CC(C)c1ccc(CCC(=O)Nc2ccc(N)nc2)cc1.Cl. The molecule has 0 aliphatic carbocycles. The highest BCUT2D eigenvalue weighted by Crippen LogP contribution is 2.15. The van der Waals surface area contributed by atoms with Crippen LogP contribution in [0.3, 0.4) is 0 Å². The lowest BCUT2D eigenvalue weighted by Gasteiger charge is -2.07. The van der Waals surface area contributed by atoms with E-state index in [0.29, 0.717) is 23.8 Å².